The van der Waals surface area contributed by atoms with Crippen LogP contribution in [0.25, 0.3) is 0 Å². The van der Waals surface area contributed by atoms with Crippen LogP contribution in [0, 0.1) is 23.7 Å². The highest BCUT2D eigenvalue weighted by Crippen LogP contribution is 2.36. The molecule has 10 aromatic heterocycles. The molecular weight excluding hydrogens is 1720 g/mol. The SMILES string of the molecule is CC(C)(C)c1cc(CC2CCN(CC(F)(F)F)C2)ncn1.CC(C)(C)c1ccnc(CC2CCC2)c1.CC(C)(C)c1ccnc(CCC2CC2)c1.CC(C)(C)c1ccnc(CCc2cccnc2)c1.CC(C)(C)c1ccnc(CCc2ccncc2)c1.CC(C)(C)c1cncc(OC2CCOCC2)c1.CN(C)CCN(C)c1cc(C(C)(C)C)ccn1.CN1CCC(Cc2cc(C(C)(C)C)ncn2)C1. The molecule has 10 aromatic rings. The number of alkyl halides is 3. The van der Waals surface area contributed by atoms with E-state index in [4.69, 9.17) is 9.47 Å². The predicted molar refractivity (Wildman–Crippen MR) is 564 cm³/mol. The van der Waals surface area contributed by atoms with Crippen molar-refractivity contribution < 1.29 is 22.6 Å². The number of ether oxygens (including phenoxy) is 2. The molecule has 5 fully saturated rings. The van der Waals surface area contributed by atoms with Crippen LogP contribution < -0.4 is 9.64 Å². The summed E-state index contributed by atoms with van der Waals surface area (Å²) in [6.45, 7) is 59.3. The van der Waals surface area contributed by atoms with E-state index in [2.05, 4.69) is 360 Å². The Morgan fingerprint density at radius 1 is 0.370 bits per heavy atom. The summed E-state index contributed by atoms with van der Waals surface area (Å²) >= 11 is 0. The van der Waals surface area contributed by atoms with E-state index in [0.29, 0.717) is 13.1 Å². The summed E-state index contributed by atoms with van der Waals surface area (Å²) < 4.78 is 48.4. The fourth-order valence-electron chi connectivity index (χ4n) is 16.2. The zero-order valence-electron chi connectivity index (χ0n) is 89.9. The first-order valence-corrected chi connectivity index (χ1v) is 50.9. The third-order valence-electron chi connectivity index (χ3n) is 25.9. The average Bonchev–Trinajstić information content (AvgIpc) is 1.27. The van der Waals surface area contributed by atoms with Crippen LogP contribution in [0.5, 0.6) is 5.75 Å². The standard InChI is InChI=1S/2C16H20N2.C15H22F3N3.C14H23N3.C14H25N3.C14H21NO2.2C14H21N/c1-16(2,3)14-8-11-18-15(12-14)5-4-13-6-9-17-10-7-13;1-16(2,3)14-8-10-18-15(11-14)7-6-13-5-4-9-17-12-13;1-14(2,3)13-7-12(19-10-20-13)6-11-4-5-21(8-11)9-15(16,17)18;1-14(2,3)13-8-12(15-10-16-13)7-11-5-6-17(4)9-11;1-14(2,3)12-7-8-15-13(11-12)17(6)10-9-16(4)5;1-14(2,3)11-8-13(10-15-9-11)17-12-4-6-16-7-5-12;1-14(2,3)12-8-9-15-13(10-12)7-6-11-4-5-11;1-14(2,3)12-7-8-15-13(10-12)9-11-5-4-6-11/h6-12H,4-5H2,1-3H3;4-5,8-12H,6-7H2,1-3H3;7,10-11H,4-6,8-9H2,1-3H3;8,10-11H,5-7,9H2,1-4H3;7-8,11H,9-10H2,1-6H3;8-10,12H,4-7H2,1-3H3;8-11H,4-7H2,1-3H3;7-8,10-11H,4-6,9H2,1-3H3. The number of anilines is 1. The summed E-state index contributed by atoms with van der Waals surface area (Å²) in [6, 6.07) is 36.3. The Labute approximate surface area is 831 Å². The Balaban J connectivity index is 0.000000194. The summed E-state index contributed by atoms with van der Waals surface area (Å²) in [5.74, 6) is 4.86. The van der Waals surface area contributed by atoms with Gasteiger partial charge in [-0.3, -0.25) is 39.8 Å². The number of pyridine rings is 8. The largest absolute Gasteiger partial charge is 0.489 e. The van der Waals surface area contributed by atoms with Crippen LogP contribution in [0.15, 0.2) is 184 Å². The Morgan fingerprint density at radius 3 is 1.26 bits per heavy atom. The third kappa shape index (κ3) is 43.4. The van der Waals surface area contributed by atoms with E-state index in [-0.39, 0.29) is 55.3 Å². The number of hydrogen-bond acceptors (Lipinski definition) is 18. The molecule has 2 atom stereocenters. The summed E-state index contributed by atoms with van der Waals surface area (Å²) in [7, 11) is 8.47. The van der Waals surface area contributed by atoms with Gasteiger partial charge in [0.05, 0.1) is 26.0 Å². The van der Waals surface area contributed by atoms with E-state index >= 15 is 0 Å². The first-order chi connectivity index (χ1) is 64.7. The van der Waals surface area contributed by atoms with Gasteiger partial charge in [0.25, 0.3) is 0 Å². The Hall–Kier alpha value is -9.41. The van der Waals surface area contributed by atoms with Crippen molar-refractivity contribution in [1.29, 1.82) is 0 Å². The van der Waals surface area contributed by atoms with Crippen molar-refractivity contribution in [2.45, 2.75) is 337 Å². The summed E-state index contributed by atoms with van der Waals surface area (Å²) in [5.41, 5.74) is 21.0. The average molecular weight is 1890 g/mol. The van der Waals surface area contributed by atoms with E-state index in [9.17, 15) is 13.2 Å². The van der Waals surface area contributed by atoms with E-state index < -0.39 is 12.7 Å². The van der Waals surface area contributed by atoms with Gasteiger partial charge in [-0.15, -0.1) is 0 Å². The molecule has 0 amide bonds. The van der Waals surface area contributed by atoms with E-state index in [0.717, 1.165) is 143 Å². The van der Waals surface area contributed by atoms with Gasteiger partial charge in [0, 0.05) is 164 Å². The molecule has 754 valence electrons. The van der Waals surface area contributed by atoms with Gasteiger partial charge in [-0.05, 0) is 303 Å². The lowest BCUT2D eigenvalue weighted by molar-refractivity contribution is -0.143. The highest BCUT2D eigenvalue weighted by Gasteiger charge is 2.35. The molecule has 2 saturated carbocycles. The molecule has 13 heterocycles. The van der Waals surface area contributed by atoms with E-state index in [1.54, 1.807) is 18.9 Å². The van der Waals surface area contributed by atoms with Crippen LogP contribution in [0.2, 0.25) is 0 Å². The summed E-state index contributed by atoms with van der Waals surface area (Å²) in [5, 5.41) is 0. The highest BCUT2D eigenvalue weighted by molar-refractivity contribution is 5.42. The minimum Gasteiger partial charge on any atom is -0.489 e. The minimum absolute atomic E-state index is 0.0459. The molecule has 2 aliphatic carbocycles. The third-order valence-corrected chi connectivity index (χ3v) is 25.9. The molecular formula is C117H173F3N16O2. The lowest BCUT2D eigenvalue weighted by Gasteiger charge is -2.25. The fourth-order valence-corrected chi connectivity index (χ4v) is 16.2. The Kier molecular flexibility index (Phi) is 43.7. The van der Waals surface area contributed by atoms with E-state index in [1.165, 1.54) is 137 Å². The number of hydrogen-bond donors (Lipinski definition) is 0. The molecule has 0 spiro atoms. The normalized spacial score (nSPS) is 16.3. The van der Waals surface area contributed by atoms with Crippen molar-refractivity contribution in [3.63, 3.8) is 0 Å². The Morgan fingerprint density at radius 2 is 0.819 bits per heavy atom. The van der Waals surface area contributed by atoms with Gasteiger partial charge in [0.15, 0.2) is 0 Å². The van der Waals surface area contributed by atoms with Gasteiger partial charge in [-0.25, -0.2) is 24.9 Å². The van der Waals surface area contributed by atoms with Gasteiger partial charge in [0.1, 0.15) is 30.3 Å². The van der Waals surface area contributed by atoms with Gasteiger partial charge in [-0.2, -0.15) is 13.2 Å². The molecule has 0 aromatic carbocycles. The Bertz CT molecular complexity index is 5020. The van der Waals surface area contributed by atoms with Gasteiger partial charge in [-0.1, -0.05) is 204 Å². The van der Waals surface area contributed by atoms with Crippen LogP contribution in [0.4, 0.5) is 19.0 Å². The fraction of sp³-hybridized carbons (Fsp3) is 0.590. The van der Waals surface area contributed by atoms with Crippen molar-refractivity contribution >= 4 is 5.82 Å². The maximum atomic E-state index is 12.4. The van der Waals surface area contributed by atoms with Crippen molar-refractivity contribution in [2.24, 2.45) is 23.7 Å². The van der Waals surface area contributed by atoms with Crippen molar-refractivity contribution in [2.75, 3.05) is 92.1 Å². The second-order valence-corrected chi connectivity index (χ2v) is 47.4. The van der Waals surface area contributed by atoms with Crippen molar-refractivity contribution in [3.8, 4) is 5.75 Å². The molecule has 0 bridgehead atoms. The first-order valence-electron chi connectivity index (χ1n) is 50.9. The zero-order valence-corrected chi connectivity index (χ0v) is 89.9. The molecule has 2 unspecified atom stereocenters. The van der Waals surface area contributed by atoms with Crippen LogP contribution in [0.1, 0.15) is 320 Å². The predicted octanol–water partition coefficient (Wildman–Crippen LogP) is 25.3. The maximum absolute atomic E-state index is 12.4. The van der Waals surface area contributed by atoms with Crippen molar-refractivity contribution in [3.05, 3.63) is 274 Å². The molecule has 5 aliphatic rings. The number of aromatic nitrogens is 12. The quantitative estimate of drug-likeness (QED) is 0.0623. The summed E-state index contributed by atoms with van der Waals surface area (Å²) in [4.78, 5) is 60.3. The number of nitrogens with zero attached hydrogens (tertiary/aromatic N) is 16. The number of rotatable bonds is 22. The minimum atomic E-state index is -4.11. The van der Waals surface area contributed by atoms with Crippen molar-refractivity contribution in [1.82, 2.24) is 74.5 Å². The number of likely N-dealkylation sites (tertiary alicyclic amines) is 2. The molecule has 3 saturated heterocycles. The summed E-state index contributed by atoms with van der Waals surface area (Å²) in [6.07, 6.45) is 40.8. The topological polar surface area (TPSA) is 186 Å². The molecule has 0 N–H and O–H groups in total. The molecule has 21 heteroatoms. The van der Waals surface area contributed by atoms with Gasteiger partial charge in [0.2, 0.25) is 0 Å². The van der Waals surface area contributed by atoms with E-state index in [1.807, 2.05) is 74.1 Å². The molecule has 138 heavy (non-hydrogen) atoms. The van der Waals surface area contributed by atoms with Crippen LogP contribution in [-0.2, 0) is 99.4 Å². The van der Waals surface area contributed by atoms with Gasteiger partial charge >= 0.3 is 6.18 Å². The lowest BCUT2D eigenvalue weighted by Crippen LogP contribution is -2.32. The smallest absolute Gasteiger partial charge is 0.401 e. The van der Waals surface area contributed by atoms with Gasteiger partial charge < -0.3 is 24.2 Å². The van der Waals surface area contributed by atoms with Crippen LogP contribution in [0.3, 0.4) is 0 Å². The number of halogens is 3. The monoisotopic (exact) mass is 1890 g/mol. The second-order valence-electron chi connectivity index (χ2n) is 47.4. The molecule has 15 rings (SSSR count). The van der Waals surface area contributed by atoms with Crippen LogP contribution >= 0.6 is 0 Å². The molecule has 0 radical (unpaired) electrons. The second kappa shape index (κ2) is 52.9. The molecule has 3 aliphatic heterocycles. The zero-order chi connectivity index (χ0) is 101. The van der Waals surface area contributed by atoms with Crippen LogP contribution in [-0.4, -0.2) is 174 Å². The molecule has 18 nitrogen and oxygen atoms in total. The number of likely N-dealkylation sites (N-methyl/N-ethyl adjacent to an activating group) is 2. The number of aryl methyl sites for hydroxylation is 5. The maximum Gasteiger partial charge on any atom is 0.401 e. The highest BCUT2D eigenvalue weighted by atomic mass is 19.4. The lowest BCUT2D eigenvalue weighted by atomic mass is 9.81. The first kappa shape index (κ1) is 114.